The second-order valence-corrected chi connectivity index (χ2v) is 15.3. The molecule has 0 radical (unpaired) electrons. The maximum atomic E-state index is 6.94. The third-order valence-corrected chi connectivity index (χ3v) is 11.5. The van der Waals surface area contributed by atoms with Crippen molar-refractivity contribution in [3.05, 3.63) is 71.8 Å². The number of methoxy groups -OCH3 is 1. The van der Waals surface area contributed by atoms with E-state index in [0.29, 0.717) is 19.8 Å². The number of hydrogen-bond donors (Lipinski definition) is 0. The lowest BCUT2D eigenvalue weighted by Gasteiger charge is -2.49. The lowest BCUT2D eigenvalue weighted by molar-refractivity contribution is -0.236. The third kappa shape index (κ3) is 7.26. The highest BCUT2D eigenvalue weighted by atomic mass is 28.4. The molecule has 0 unspecified atom stereocenters. The summed E-state index contributed by atoms with van der Waals surface area (Å²) in [4.78, 5) is 0. The van der Waals surface area contributed by atoms with E-state index >= 15 is 0 Å². The number of ether oxygens (including phenoxy) is 4. The first kappa shape index (κ1) is 27.6. The Balaban J connectivity index is 1.86. The number of terminal acetylenes is 1. The van der Waals surface area contributed by atoms with E-state index in [1.807, 2.05) is 60.7 Å². The van der Waals surface area contributed by atoms with Crippen LogP contribution in [-0.4, -0.2) is 52.6 Å². The molecular weight excluding hydrogens is 456 g/mol. The first-order chi connectivity index (χ1) is 16.7. The molecule has 5 nitrogen and oxygen atoms in total. The van der Waals surface area contributed by atoms with Crippen LogP contribution < -0.4 is 0 Å². The third-order valence-electron chi connectivity index (χ3n) is 6.99. The fourth-order valence-corrected chi connectivity index (χ4v) is 5.24. The van der Waals surface area contributed by atoms with Crippen LogP contribution in [0.5, 0.6) is 0 Å². The van der Waals surface area contributed by atoms with Gasteiger partial charge in [-0.1, -0.05) is 87.4 Å². The quantitative estimate of drug-likeness (QED) is 0.317. The molecule has 1 aliphatic heterocycles. The van der Waals surface area contributed by atoms with Gasteiger partial charge in [0.05, 0.1) is 19.8 Å². The van der Waals surface area contributed by atoms with Gasteiger partial charge in [0, 0.05) is 7.11 Å². The highest BCUT2D eigenvalue weighted by Gasteiger charge is 2.51. The van der Waals surface area contributed by atoms with Gasteiger partial charge in [-0.15, -0.1) is 6.42 Å². The number of hydrogen-bond acceptors (Lipinski definition) is 5. The summed E-state index contributed by atoms with van der Waals surface area (Å²) in [6.07, 6.45) is 3.68. The molecule has 0 spiro atoms. The van der Waals surface area contributed by atoms with Crippen molar-refractivity contribution in [2.45, 2.75) is 82.6 Å². The molecule has 1 aliphatic rings. The van der Waals surface area contributed by atoms with E-state index in [0.717, 1.165) is 11.1 Å². The van der Waals surface area contributed by atoms with Crippen LogP contribution in [0.15, 0.2) is 60.7 Å². The molecular formula is C29H40O5Si. The molecule has 3 rings (SSSR count). The summed E-state index contributed by atoms with van der Waals surface area (Å²) in [5.41, 5.74) is 2.18. The maximum Gasteiger partial charge on any atom is 0.192 e. The van der Waals surface area contributed by atoms with E-state index in [-0.39, 0.29) is 17.2 Å². The van der Waals surface area contributed by atoms with Gasteiger partial charge in [-0.3, -0.25) is 0 Å². The molecule has 0 aliphatic carbocycles. The van der Waals surface area contributed by atoms with Crippen molar-refractivity contribution in [2.24, 2.45) is 0 Å². The van der Waals surface area contributed by atoms with Crippen LogP contribution in [0.2, 0.25) is 18.1 Å². The van der Waals surface area contributed by atoms with Crippen LogP contribution in [0.1, 0.15) is 31.9 Å². The SMILES string of the molecule is C#C[C@H]1O[C@H](COCc2ccccc2)[C@@H](O[Si](C)(C)C(C)(C)C)[C@H](OCc2ccccc2)[C@H]1OC. The molecule has 1 saturated heterocycles. The summed E-state index contributed by atoms with van der Waals surface area (Å²) in [5, 5.41) is 0.0119. The van der Waals surface area contributed by atoms with Crippen LogP contribution in [0, 0.1) is 12.3 Å². The van der Waals surface area contributed by atoms with Crippen molar-refractivity contribution in [2.75, 3.05) is 13.7 Å². The molecule has 1 heterocycles. The molecule has 5 atom stereocenters. The molecule has 1 fully saturated rings. The second kappa shape index (κ2) is 12.3. The molecule has 2 aromatic rings. The topological polar surface area (TPSA) is 46.2 Å². The van der Waals surface area contributed by atoms with Crippen molar-refractivity contribution in [1.29, 1.82) is 0 Å². The van der Waals surface area contributed by atoms with Gasteiger partial charge in [0.25, 0.3) is 0 Å². The first-order valence-electron chi connectivity index (χ1n) is 12.3. The monoisotopic (exact) mass is 496 g/mol. The second-order valence-electron chi connectivity index (χ2n) is 10.6. The van der Waals surface area contributed by atoms with Gasteiger partial charge >= 0.3 is 0 Å². The van der Waals surface area contributed by atoms with E-state index in [1.54, 1.807) is 7.11 Å². The largest absolute Gasteiger partial charge is 0.408 e. The molecule has 2 aromatic carbocycles. The van der Waals surface area contributed by atoms with E-state index in [4.69, 9.17) is 29.8 Å². The summed E-state index contributed by atoms with van der Waals surface area (Å²) < 4.78 is 31.8. The Morgan fingerprint density at radius 3 is 1.97 bits per heavy atom. The standard InChI is InChI=1S/C29H40O5Si/c1-8-24-26(30-5)28(32-20-23-17-13-10-14-18-23)27(34-35(6,7)29(2,3)4)25(33-24)21-31-19-22-15-11-9-12-16-22/h1,9-18,24-28H,19-21H2,2-7H3/t24-,25-,26+,27-,28-/m1/s1. The lowest BCUT2D eigenvalue weighted by atomic mass is 9.95. The van der Waals surface area contributed by atoms with Crippen LogP contribution in [0.25, 0.3) is 0 Å². The van der Waals surface area contributed by atoms with Crippen LogP contribution in [-0.2, 0) is 36.6 Å². The molecule has 0 N–H and O–H groups in total. The molecule has 0 aromatic heterocycles. The van der Waals surface area contributed by atoms with Crippen molar-refractivity contribution in [3.8, 4) is 12.3 Å². The van der Waals surface area contributed by atoms with Crippen LogP contribution in [0.3, 0.4) is 0 Å². The Kier molecular flexibility index (Phi) is 9.71. The number of benzene rings is 2. The average Bonchev–Trinajstić information content (AvgIpc) is 2.84. The predicted octanol–water partition coefficient (Wildman–Crippen LogP) is 5.59. The highest BCUT2D eigenvalue weighted by Crippen LogP contribution is 2.40. The van der Waals surface area contributed by atoms with Gasteiger partial charge in [0.15, 0.2) is 8.32 Å². The minimum absolute atomic E-state index is 0.0119. The first-order valence-corrected chi connectivity index (χ1v) is 15.2. The Hall–Kier alpha value is -1.98. The Morgan fingerprint density at radius 2 is 1.46 bits per heavy atom. The Bertz CT molecular complexity index is 935. The summed E-state index contributed by atoms with van der Waals surface area (Å²) >= 11 is 0. The van der Waals surface area contributed by atoms with Gasteiger partial charge in [-0.05, 0) is 29.3 Å². The molecule has 6 heteroatoms. The summed E-state index contributed by atoms with van der Waals surface area (Å²) in [5.74, 6) is 2.76. The number of rotatable bonds is 10. The minimum Gasteiger partial charge on any atom is -0.408 e. The maximum absolute atomic E-state index is 6.94. The van der Waals surface area contributed by atoms with E-state index in [2.05, 4.69) is 39.8 Å². The fraction of sp³-hybridized carbons (Fsp3) is 0.517. The normalized spacial score (nSPS) is 25.2. The zero-order valence-corrected chi connectivity index (χ0v) is 22.9. The minimum atomic E-state index is -2.18. The Morgan fingerprint density at radius 1 is 0.886 bits per heavy atom. The summed E-state index contributed by atoms with van der Waals surface area (Å²) in [7, 11) is -0.539. The lowest BCUT2D eigenvalue weighted by Crippen LogP contribution is -2.63. The predicted molar refractivity (Wildman–Crippen MR) is 141 cm³/mol. The van der Waals surface area contributed by atoms with Crippen molar-refractivity contribution >= 4 is 8.32 Å². The van der Waals surface area contributed by atoms with Crippen LogP contribution in [0.4, 0.5) is 0 Å². The van der Waals surface area contributed by atoms with E-state index in [1.165, 1.54) is 0 Å². The van der Waals surface area contributed by atoms with Gasteiger partial charge in [0.2, 0.25) is 0 Å². The van der Waals surface area contributed by atoms with E-state index in [9.17, 15) is 0 Å². The molecule has 0 amide bonds. The highest BCUT2D eigenvalue weighted by molar-refractivity contribution is 6.74. The summed E-state index contributed by atoms with van der Waals surface area (Å²) in [6.45, 7) is 12.4. The van der Waals surface area contributed by atoms with Gasteiger partial charge in [0.1, 0.15) is 30.5 Å². The smallest absolute Gasteiger partial charge is 0.192 e. The van der Waals surface area contributed by atoms with Crippen molar-refractivity contribution < 1.29 is 23.4 Å². The van der Waals surface area contributed by atoms with Crippen molar-refractivity contribution in [1.82, 2.24) is 0 Å². The zero-order chi connectivity index (χ0) is 25.5. The molecule has 0 saturated carbocycles. The van der Waals surface area contributed by atoms with Crippen molar-refractivity contribution in [3.63, 3.8) is 0 Å². The van der Waals surface area contributed by atoms with Gasteiger partial charge in [-0.2, -0.15) is 0 Å². The summed E-state index contributed by atoms with van der Waals surface area (Å²) in [6, 6.07) is 20.2. The molecule has 35 heavy (non-hydrogen) atoms. The van der Waals surface area contributed by atoms with Gasteiger partial charge < -0.3 is 23.4 Å². The van der Waals surface area contributed by atoms with Gasteiger partial charge in [-0.25, -0.2) is 0 Å². The fourth-order valence-electron chi connectivity index (χ4n) is 3.92. The molecule has 190 valence electrons. The zero-order valence-electron chi connectivity index (χ0n) is 21.9. The average molecular weight is 497 g/mol. The molecule has 0 bridgehead atoms. The Labute approximate surface area is 212 Å². The van der Waals surface area contributed by atoms with E-state index < -0.39 is 26.6 Å². The van der Waals surface area contributed by atoms with Crippen LogP contribution >= 0.6 is 0 Å².